The number of amides is 2. The number of alkyl carbamates (subject to hydrolysis) is 1. The van der Waals surface area contributed by atoms with E-state index in [1.807, 2.05) is 6.92 Å². The van der Waals surface area contributed by atoms with Gasteiger partial charge in [0, 0.05) is 31.0 Å². The van der Waals surface area contributed by atoms with E-state index < -0.39 is 17.6 Å². The zero-order valence-electron chi connectivity index (χ0n) is 23.0. The Morgan fingerprint density at radius 2 is 1.98 bits per heavy atom. The van der Waals surface area contributed by atoms with Gasteiger partial charge in [-0.1, -0.05) is 0 Å². The zero-order valence-corrected chi connectivity index (χ0v) is 23.8. The zero-order chi connectivity index (χ0) is 29.1. The summed E-state index contributed by atoms with van der Waals surface area (Å²) in [6, 6.07) is 10.00. The Labute approximate surface area is 237 Å². The highest BCUT2D eigenvalue weighted by atomic mass is 32.2. The average Bonchev–Trinajstić information content (AvgIpc) is 2.83. The molecule has 2 aromatic rings. The Morgan fingerprint density at radius 1 is 1.20 bits per heavy atom. The van der Waals surface area contributed by atoms with Crippen molar-refractivity contribution in [2.75, 3.05) is 26.9 Å². The van der Waals surface area contributed by atoms with Crippen molar-refractivity contribution in [2.45, 2.75) is 44.3 Å². The molecule has 0 saturated carbocycles. The van der Waals surface area contributed by atoms with Gasteiger partial charge >= 0.3 is 6.09 Å². The second kappa shape index (κ2) is 14.6. The molecule has 12 nitrogen and oxygen atoms in total. The van der Waals surface area contributed by atoms with E-state index in [0.29, 0.717) is 42.8 Å². The molecule has 0 saturated heterocycles. The molecule has 0 aromatic heterocycles. The molecule has 1 unspecified atom stereocenters. The molecule has 1 aliphatic rings. The number of nitrogens with one attached hydrogen (secondary N) is 2. The summed E-state index contributed by atoms with van der Waals surface area (Å²) < 4.78 is 33.3. The van der Waals surface area contributed by atoms with E-state index in [4.69, 9.17) is 33.7 Å². The van der Waals surface area contributed by atoms with Crippen LogP contribution in [0.5, 0.6) is 23.0 Å². The predicted octanol–water partition coefficient (Wildman–Crippen LogP) is 4.35. The van der Waals surface area contributed by atoms with E-state index in [1.165, 1.54) is 24.4 Å². The molecule has 4 N–H and O–H groups in total. The van der Waals surface area contributed by atoms with Crippen molar-refractivity contribution < 1.29 is 37.6 Å². The minimum absolute atomic E-state index is 0.129. The van der Waals surface area contributed by atoms with Crippen LogP contribution in [-0.2, 0) is 13.8 Å². The smallest absolute Gasteiger partial charge is 0.411 e. The standard InChI is InChI=1S/C27H34N4O8S/c1-17(16-34-5)36-20-12-18(25(32)31-24(28)8-9-29-26(33)38-27(2,3)4)13-21(14-20)37-19-6-7-23-22(15-19)35-11-10-30-39-40-23/h6-9,12-15,17,30H,10-11,16H2,1-5H3,(H,29,33)(H2,28,31,32)/b9-8-. The van der Waals surface area contributed by atoms with Crippen molar-refractivity contribution in [3.05, 3.63) is 54.2 Å². The number of methoxy groups -OCH3 is 1. The van der Waals surface area contributed by atoms with Gasteiger partial charge in [0.1, 0.15) is 47.1 Å². The number of nitrogens with two attached hydrogens (primary N) is 1. The van der Waals surface area contributed by atoms with Gasteiger partial charge < -0.3 is 29.4 Å². The number of hydrogen-bond acceptors (Lipinski definition) is 10. The molecule has 3 rings (SSSR count). The van der Waals surface area contributed by atoms with Gasteiger partial charge in [-0.2, -0.15) is 10.5 Å². The van der Waals surface area contributed by atoms with Gasteiger partial charge in [0.05, 0.1) is 30.1 Å². The molecule has 1 atom stereocenters. The van der Waals surface area contributed by atoms with Crippen LogP contribution in [0.25, 0.3) is 0 Å². The maximum Gasteiger partial charge on any atom is 0.411 e. The van der Waals surface area contributed by atoms with Crippen molar-refractivity contribution in [3.8, 4) is 23.0 Å². The molecule has 0 spiro atoms. The maximum absolute atomic E-state index is 13.0. The number of carbonyl (C=O) groups excluding carboxylic acids is 2. The number of benzene rings is 2. The summed E-state index contributed by atoms with van der Waals surface area (Å²) in [6.07, 6.45) is 1.55. The number of hydroxylamine groups is 1. The molecule has 2 amide bonds. The Morgan fingerprint density at radius 3 is 2.73 bits per heavy atom. The molecule has 1 aliphatic heterocycles. The lowest BCUT2D eigenvalue weighted by Crippen LogP contribution is -2.30. The van der Waals surface area contributed by atoms with Gasteiger partial charge in [0.25, 0.3) is 5.91 Å². The quantitative estimate of drug-likeness (QED) is 0.223. The average molecular weight is 575 g/mol. The topological polar surface area (TPSA) is 152 Å². The van der Waals surface area contributed by atoms with Crippen LogP contribution in [0.2, 0.25) is 0 Å². The summed E-state index contributed by atoms with van der Waals surface area (Å²) in [6.45, 7) is 8.33. The largest absolute Gasteiger partial charge is 0.491 e. The summed E-state index contributed by atoms with van der Waals surface area (Å²) in [5, 5.41) is 2.40. The summed E-state index contributed by atoms with van der Waals surface area (Å²) in [5.41, 5.74) is 8.16. The Kier molecular flexibility index (Phi) is 11.2. The van der Waals surface area contributed by atoms with Gasteiger partial charge in [-0.3, -0.25) is 10.1 Å². The van der Waals surface area contributed by atoms with E-state index in [0.717, 1.165) is 16.9 Å². The predicted molar refractivity (Wildman–Crippen MR) is 150 cm³/mol. The van der Waals surface area contributed by atoms with E-state index in [2.05, 4.69) is 15.8 Å². The molecule has 0 radical (unpaired) electrons. The number of aliphatic imine (C=N–C) groups is 1. The molecular weight excluding hydrogens is 540 g/mol. The molecule has 0 aliphatic carbocycles. The lowest BCUT2D eigenvalue weighted by Gasteiger charge is -2.18. The van der Waals surface area contributed by atoms with Crippen LogP contribution in [0.15, 0.2) is 58.6 Å². The summed E-state index contributed by atoms with van der Waals surface area (Å²) in [4.78, 5) is 29.4. The lowest BCUT2D eigenvalue weighted by molar-refractivity contribution is 0.0552. The first kappa shape index (κ1) is 30.8. The summed E-state index contributed by atoms with van der Waals surface area (Å²) in [7, 11) is 1.57. The molecule has 2 aromatic carbocycles. The van der Waals surface area contributed by atoms with Crippen LogP contribution >= 0.6 is 12.0 Å². The third-order valence-electron chi connectivity index (χ3n) is 4.75. The van der Waals surface area contributed by atoms with Crippen LogP contribution in [0, 0.1) is 0 Å². The fraction of sp³-hybridized carbons (Fsp3) is 0.370. The number of amidine groups is 1. The van der Waals surface area contributed by atoms with Gasteiger partial charge in [-0.25, -0.2) is 9.08 Å². The highest BCUT2D eigenvalue weighted by Crippen LogP contribution is 2.36. The fourth-order valence-corrected chi connectivity index (χ4v) is 3.79. The van der Waals surface area contributed by atoms with Crippen LogP contribution < -0.4 is 30.7 Å². The van der Waals surface area contributed by atoms with Crippen molar-refractivity contribution in [1.29, 1.82) is 0 Å². The van der Waals surface area contributed by atoms with Crippen LogP contribution in [-0.4, -0.2) is 56.4 Å². The minimum atomic E-state index is -0.666. The van der Waals surface area contributed by atoms with Crippen LogP contribution in [0.4, 0.5) is 4.79 Å². The Balaban J connectivity index is 1.81. The maximum atomic E-state index is 13.0. The van der Waals surface area contributed by atoms with Crippen LogP contribution in [0.3, 0.4) is 0 Å². The first-order valence-corrected chi connectivity index (χ1v) is 13.1. The monoisotopic (exact) mass is 574 g/mol. The first-order valence-electron chi connectivity index (χ1n) is 12.4. The molecule has 0 bridgehead atoms. The Bertz CT molecular complexity index is 1250. The number of hydrogen-bond donors (Lipinski definition) is 3. The van der Waals surface area contributed by atoms with Gasteiger partial charge in [0.15, 0.2) is 0 Å². The summed E-state index contributed by atoms with van der Waals surface area (Å²) >= 11 is 1.14. The second-order valence-corrected chi connectivity index (χ2v) is 10.3. The molecular formula is C27H34N4O8S. The molecule has 216 valence electrons. The molecule has 13 heteroatoms. The number of ether oxygens (including phenoxy) is 5. The Hall–Kier alpha value is -3.78. The van der Waals surface area contributed by atoms with Gasteiger partial charge in [-0.15, -0.1) is 0 Å². The number of nitrogens with zero attached hydrogens (tertiary/aromatic N) is 1. The summed E-state index contributed by atoms with van der Waals surface area (Å²) in [5.74, 6) is 1.02. The lowest BCUT2D eigenvalue weighted by atomic mass is 10.2. The second-order valence-electron chi connectivity index (χ2n) is 9.52. The third-order valence-corrected chi connectivity index (χ3v) is 5.47. The first-order chi connectivity index (χ1) is 19.0. The van der Waals surface area contributed by atoms with Crippen molar-refractivity contribution in [2.24, 2.45) is 10.7 Å². The van der Waals surface area contributed by atoms with E-state index in [1.54, 1.807) is 52.1 Å². The normalized spacial score (nSPS) is 14.8. The number of fused-ring (bicyclic) bond motifs is 1. The van der Waals surface area contributed by atoms with Gasteiger partial charge in [0.2, 0.25) is 0 Å². The van der Waals surface area contributed by atoms with Crippen molar-refractivity contribution in [1.82, 2.24) is 10.8 Å². The number of carbonyl (C=O) groups is 2. The van der Waals surface area contributed by atoms with Crippen molar-refractivity contribution >= 4 is 29.9 Å². The SMILES string of the molecule is COCC(C)Oc1cc(Oc2ccc3c(c2)OCCNOS3)cc(C(=O)N=C(N)/C=C\NC(=O)OC(C)(C)C)c1. The molecule has 1 heterocycles. The highest BCUT2D eigenvalue weighted by molar-refractivity contribution is 7.94. The van der Waals surface area contributed by atoms with Crippen molar-refractivity contribution in [3.63, 3.8) is 0 Å². The molecule has 40 heavy (non-hydrogen) atoms. The number of rotatable bonds is 9. The fourth-order valence-electron chi connectivity index (χ4n) is 3.23. The van der Waals surface area contributed by atoms with E-state index in [9.17, 15) is 9.59 Å². The van der Waals surface area contributed by atoms with E-state index >= 15 is 0 Å². The third kappa shape index (κ3) is 10.4. The minimum Gasteiger partial charge on any atom is -0.491 e. The highest BCUT2D eigenvalue weighted by Gasteiger charge is 2.16. The van der Waals surface area contributed by atoms with Gasteiger partial charge in [-0.05, 0) is 58.0 Å². The van der Waals surface area contributed by atoms with E-state index in [-0.39, 0.29) is 17.5 Å². The molecule has 0 fully saturated rings. The van der Waals surface area contributed by atoms with Crippen LogP contribution in [0.1, 0.15) is 38.1 Å².